The first-order chi connectivity index (χ1) is 18.3. The highest BCUT2D eigenvalue weighted by atomic mass is 16.6. The number of nitrogens with zero attached hydrogens (tertiary/aromatic N) is 4. The number of benzene rings is 2. The molecule has 1 aliphatic heterocycles. The molecule has 11 nitrogen and oxygen atoms in total. The molecule has 4 rings (SSSR count). The van der Waals surface area contributed by atoms with Gasteiger partial charge in [0.05, 0.1) is 29.2 Å². The molecule has 0 fully saturated rings. The Kier molecular flexibility index (Phi) is 7.53. The molecule has 0 saturated carbocycles. The van der Waals surface area contributed by atoms with Crippen LogP contribution in [0.15, 0.2) is 54.9 Å². The van der Waals surface area contributed by atoms with Gasteiger partial charge in [0.25, 0.3) is 11.6 Å². The molecule has 0 radical (unpaired) electrons. The van der Waals surface area contributed by atoms with Gasteiger partial charge in [0.2, 0.25) is 5.91 Å². The number of hydrogen-bond acceptors (Lipinski definition) is 6. The predicted molar refractivity (Wildman–Crippen MR) is 142 cm³/mol. The number of non-ortho nitro benzene ring substituents is 1. The molecule has 2 aromatic carbocycles. The summed E-state index contributed by atoms with van der Waals surface area (Å²) in [4.78, 5) is 54.6. The summed E-state index contributed by atoms with van der Waals surface area (Å²) in [5, 5.41) is 23.0. The Hall–Kier alpha value is -4.54. The van der Waals surface area contributed by atoms with Crippen molar-refractivity contribution in [3.63, 3.8) is 0 Å². The molecule has 2 N–H and O–H groups in total. The van der Waals surface area contributed by atoms with Gasteiger partial charge in [0.1, 0.15) is 12.1 Å². The zero-order valence-electron chi connectivity index (χ0n) is 22.2. The Labute approximate surface area is 225 Å². The van der Waals surface area contributed by atoms with E-state index in [1.165, 1.54) is 41.7 Å². The number of nitro groups is 1. The van der Waals surface area contributed by atoms with Crippen LogP contribution < -0.4 is 5.32 Å². The summed E-state index contributed by atoms with van der Waals surface area (Å²) in [6.45, 7) is 8.29. The second-order valence-corrected chi connectivity index (χ2v) is 10.7. The third kappa shape index (κ3) is 5.97. The van der Waals surface area contributed by atoms with Crippen LogP contribution in [0.25, 0.3) is 0 Å². The van der Waals surface area contributed by atoms with E-state index < -0.39 is 34.8 Å². The topological polar surface area (TPSA) is 148 Å². The van der Waals surface area contributed by atoms with E-state index in [0.717, 1.165) is 11.3 Å². The minimum Gasteiger partial charge on any atom is -0.480 e. The van der Waals surface area contributed by atoms with Crippen LogP contribution in [-0.4, -0.2) is 54.3 Å². The maximum atomic E-state index is 13.6. The lowest BCUT2D eigenvalue weighted by Crippen LogP contribution is -2.55. The minimum atomic E-state index is -1.21. The number of carboxylic acids is 1. The fraction of sp³-hybridized carbons (Fsp3) is 0.357. The summed E-state index contributed by atoms with van der Waals surface area (Å²) in [5.41, 5.74) is 3.44. The number of amides is 2. The third-order valence-electron chi connectivity index (χ3n) is 6.89. The lowest BCUT2D eigenvalue weighted by atomic mass is 9.87. The van der Waals surface area contributed by atoms with Gasteiger partial charge in [-0.2, -0.15) is 0 Å². The number of hydrogen-bond donors (Lipinski definition) is 2. The molecule has 0 aliphatic carbocycles. The van der Waals surface area contributed by atoms with Crippen LogP contribution >= 0.6 is 0 Å². The van der Waals surface area contributed by atoms with Crippen molar-refractivity contribution in [1.29, 1.82) is 0 Å². The van der Waals surface area contributed by atoms with Crippen molar-refractivity contribution < 1.29 is 24.4 Å². The number of nitrogens with one attached hydrogen (secondary N) is 1. The lowest BCUT2D eigenvalue weighted by Gasteiger charge is -2.35. The molecular weight excluding hydrogens is 502 g/mol. The van der Waals surface area contributed by atoms with Crippen LogP contribution in [0.3, 0.4) is 0 Å². The third-order valence-corrected chi connectivity index (χ3v) is 6.89. The highest BCUT2D eigenvalue weighted by molar-refractivity contribution is 5.98. The molecule has 1 aliphatic rings. The first-order valence-electron chi connectivity index (χ1n) is 12.6. The van der Waals surface area contributed by atoms with Gasteiger partial charge >= 0.3 is 5.97 Å². The fourth-order valence-corrected chi connectivity index (χ4v) is 4.55. The maximum Gasteiger partial charge on any atom is 0.325 e. The number of imidazole rings is 1. The van der Waals surface area contributed by atoms with E-state index >= 15 is 0 Å². The van der Waals surface area contributed by atoms with Gasteiger partial charge < -0.3 is 19.9 Å². The molecule has 204 valence electrons. The second kappa shape index (κ2) is 10.7. The Morgan fingerprint density at radius 3 is 2.49 bits per heavy atom. The van der Waals surface area contributed by atoms with Crippen molar-refractivity contribution >= 4 is 23.5 Å². The van der Waals surface area contributed by atoms with E-state index in [9.17, 15) is 29.6 Å². The molecule has 0 bridgehead atoms. The van der Waals surface area contributed by atoms with Crippen LogP contribution in [0.4, 0.5) is 5.69 Å². The summed E-state index contributed by atoms with van der Waals surface area (Å²) in [7, 11) is 0. The molecule has 2 amide bonds. The quantitative estimate of drug-likeness (QED) is 0.350. The van der Waals surface area contributed by atoms with Crippen molar-refractivity contribution in [1.82, 2.24) is 19.8 Å². The standard InChI is InChI=1S/C28H31N5O6/c1-17(27(36)37)30-25(34)23-13-22-24(15-32(23)26(35)19-6-5-7-21(12-19)33(38)39)31(16-29-22)14-18-8-10-20(11-9-18)28(2,3)4/h5-12,16-17,23H,13-15H2,1-4H3,(H,30,34)(H,36,37). The molecule has 0 spiro atoms. The minimum absolute atomic E-state index is 0.0216. The zero-order chi connectivity index (χ0) is 28.5. The van der Waals surface area contributed by atoms with E-state index in [4.69, 9.17) is 0 Å². The number of aliphatic carboxylic acids is 1. The van der Waals surface area contributed by atoms with Crippen LogP contribution in [-0.2, 0) is 34.5 Å². The molecule has 11 heteroatoms. The lowest BCUT2D eigenvalue weighted by molar-refractivity contribution is -0.384. The zero-order valence-corrected chi connectivity index (χ0v) is 22.2. The average molecular weight is 534 g/mol. The number of fused-ring (bicyclic) bond motifs is 1. The first-order valence-corrected chi connectivity index (χ1v) is 12.6. The molecule has 1 aromatic heterocycles. The summed E-state index contributed by atoms with van der Waals surface area (Å²) in [6.07, 6.45) is 1.74. The highest BCUT2D eigenvalue weighted by Gasteiger charge is 2.38. The molecule has 3 aromatic rings. The van der Waals surface area contributed by atoms with Crippen LogP contribution in [0.1, 0.15) is 60.6 Å². The van der Waals surface area contributed by atoms with Crippen LogP contribution in [0.5, 0.6) is 0 Å². The monoisotopic (exact) mass is 533 g/mol. The first kappa shape index (κ1) is 27.5. The van der Waals surface area contributed by atoms with Gasteiger partial charge in [-0.3, -0.25) is 24.5 Å². The number of rotatable bonds is 7. The Morgan fingerprint density at radius 1 is 1.18 bits per heavy atom. The number of carbonyl (C=O) groups excluding carboxylic acids is 2. The SMILES string of the molecule is CC(NC(=O)C1Cc2ncn(Cc3ccc(C(C)(C)C)cc3)c2CN1C(=O)c1cccc([N+](=O)[O-])c1)C(=O)O. The summed E-state index contributed by atoms with van der Waals surface area (Å²) >= 11 is 0. The highest BCUT2D eigenvalue weighted by Crippen LogP contribution is 2.27. The summed E-state index contributed by atoms with van der Waals surface area (Å²) in [6, 6.07) is 11.4. The number of nitro benzene ring substituents is 1. The molecule has 39 heavy (non-hydrogen) atoms. The van der Waals surface area contributed by atoms with Gasteiger partial charge in [-0.25, -0.2) is 4.98 Å². The molecule has 2 unspecified atom stereocenters. The van der Waals surface area contributed by atoms with E-state index in [1.54, 1.807) is 6.33 Å². The molecular formula is C28H31N5O6. The van der Waals surface area contributed by atoms with Gasteiger partial charge in [0.15, 0.2) is 0 Å². The summed E-state index contributed by atoms with van der Waals surface area (Å²) in [5.74, 6) is -2.42. The van der Waals surface area contributed by atoms with Crippen molar-refractivity contribution in [2.75, 3.05) is 0 Å². The van der Waals surface area contributed by atoms with Crippen molar-refractivity contribution in [2.24, 2.45) is 0 Å². The van der Waals surface area contributed by atoms with Crippen molar-refractivity contribution in [3.8, 4) is 0 Å². The van der Waals surface area contributed by atoms with E-state index in [0.29, 0.717) is 12.2 Å². The average Bonchev–Trinajstić information content (AvgIpc) is 3.28. The fourth-order valence-electron chi connectivity index (χ4n) is 4.55. The number of carbonyl (C=O) groups is 3. The van der Waals surface area contributed by atoms with Crippen molar-refractivity contribution in [2.45, 2.75) is 64.7 Å². The molecule has 0 saturated heterocycles. The van der Waals surface area contributed by atoms with Gasteiger partial charge in [0, 0.05) is 30.7 Å². The summed E-state index contributed by atoms with van der Waals surface area (Å²) < 4.78 is 1.92. The molecule has 2 atom stereocenters. The van der Waals surface area contributed by atoms with Crippen LogP contribution in [0.2, 0.25) is 0 Å². The Balaban J connectivity index is 1.66. The van der Waals surface area contributed by atoms with E-state index in [-0.39, 0.29) is 29.6 Å². The van der Waals surface area contributed by atoms with Crippen molar-refractivity contribution in [3.05, 3.63) is 93.1 Å². The Morgan fingerprint density at radius 2 is 1.87 bits per heavy atom. The van der Waals surface area contributed by atoms with Gasteiger partial charge in [-0.05, 0) is 29.5 Å². The second-order valence-electron chi connectivity index (χ2n) is 10.7. The largest absolute Gasteiger partial charge is 0.480 e. The van der Waals surface area contributed by atoms with Gasteiger partial charge in [-0.15, -0.1) is 0 Å². The predicted octanol–water partition coefficient (Wildman–Crippen LogP) is 3.29. The number of carboxylic acid groups (broad SMARTS) is 1. The van der Waals surface area contributed by atoms with Gasteiger partial charge in [-0.1, -0.05) is 51.1 Å². The van der Waals surface area contributed by atoms with E-state index in [2.05, 4.69) is 43.2 Å². The molecule has 2 heterocycles. The Bertz CT molecular complexity index is 1420. The maximum absolute atomic E-state index is 13.6. The van der Waals surface area contributed by atoms with E-state index in [1.807, 2.05) is 16.7 Å². The number of aromatic nitrogens is 2. The van der Waals surface area contributed by atoms with Crippen LogP contribution in [0, 0.1) is 10.1 Å². The normalized spacial score (nSPS) is 15.8. The smallest absolute Gasteiger partial charge is 0.325 e.